The zero-order valence-electron chi connectivity index (χ0n) is 20.9. The highest BCUT2D eigenvalue weighted by molar-refractivity contribution is 5.96. The smallest absolute Gasteiger partial charge is 0.231 e. The second-order valence-corrected chi connectivity index (χ2v) is 9.54. The zero-order valence-corrected chi connectivity index (χ0v) is 20.9. The first-order valence-corrected chi connectivity index (χ1v) is 10.9. The van der Waals surface area contributed by atoms with Crippen LogP contribution in [0.4, 0.5) is 0 Å². The third-order valence-corrected chi connectivity index (χ3v) is 4.59. The van der Waals surface area contributed by atoms with E-state index in [9.17, 15) is 14.4 Å². The van der Waals surface area contributed by atoms with Crippen LogP contribution in [0, 0.1) is 17.8 Å². The van der Waals surface area contributed by atoms with Crippen molar-refractivity contribution in [1.29, 1.82) is 0 Å². The van der Waals surface area contributed by atoms with Gasteiger partial charge in [-0.05, 0) is 38.0 Å². The van der Waals surface area contributed by atoms with Crippen LogP contribution in [0.3, 0.4) is 0 Å². The molecule has 0 aliphatic rings. The van der Waals surface area contributed by atoms with Crippen LogP contribution in [0.15, 0.2) is 0 Å². The van der Waals surface area contributed by atoms with Gasteiger partial charge in [-0.25, -0.2) is 0 Å². The Labute approximate surface area is 187 Å². The van der Waals surface area contributed by atoms with Crippen LogP contribution in [0.5, 0.6) is 0 Å². The summed E-state index contributed by atoms with van der Waals surface area (Å²) in [6, 6.07) is 0.135. The molecule has 0 bridgehead atoms. The Bertz CT molecular complexity index is 488. The number of carbonyl (C=O) groups excluding carboxylic acids is 3. The fraction of sp³-hybridized carbons (Fsp3) is 0.875. The average molecular weight is 430 g/mol. The Morgan fingerprint density at radius 1 is 0.667 bits per heavy atom. The average Bonchev–Trinajstić information content (AvgIpc) is 2.57. The Morgan fingerprint density at radius 2 is 1.17 bits per heavy atom. The van der Waals surface area contributed by atoms with E-state index in [4.69, 9.17) is 0 Å². The van der Waals surface area contributed by atoms with E-state index in [1.165, 1.54) is 0 Å². The molecule has 0 saturated carbocycles. The van der Waals surface area contributed by atoms with E-state index in [0.717, 1.165) is 19.5 Å². The molecule has 0 aromatic carbocycles. The standard InChI is InChI=1S/C13H26N2O2.C10H21NO.CH4/c1-10(2)7-8-14(5)12(16)9-13(17)15(6)11(3)4;1-8(2)6-10(12)11(5)7-9(3)4;/h10-11H,7-9H2,1-6H3;8-9H,6-7H2,1-5H3;1H4. The summed E-state index contributed by atoms with van der Waals surface area (Å²) < 4.78 is 0. The molecule has 6 heteroatoms. The summed E-state index contributed by atoms with van der Waals surface area (Å²) in [5, 5.41) is 0. The highest BCUT2D eigenvalue weighted by Crippen LogP contribution is 2.05. The van der Waals surface area contributed by atoms with Crippen LogP contribution in [-0.4, -0.2) is 72.7 Å². The van der Waals surface area contributed by atoms with E-state index in [1.807, 2.05) is 25.8 Å². The summed E-state index contributed by atoms with van der Waals surface area (Å²) in [6.45, 7) is 18.1. The Kier molecular flexibility index (Phi) is 18.9. The molecule has 3 amide bonds. The maximum atomic E-state index is 11.8. The molecule has 0 heterocycles. The van der Waals surface area contributed by atoms with Gasteiger partial charge in [0.05, 0.1) is 0 Å². The first-order valence-electron chi connectivity index (χ1n) is 10.9. The van der Waals surface area contributed by atoms with E-state index < -0.39 is 0 Å². The lowest BCUT2D eigenvalue weighted by atomic mass is 10.1. The first-order chi connectivity index (χ1) is 13.2. The molecule has 6 nitrogen and oxygen atoms in total. The SMILES string of the molecule is C.CC(C)CC(=O)N(C)CC(C)C.CC(C)CCN(C)C(=O)CC(=O)N(C)C(C)C. The number of carbonyl (C=O) groups is 3. The number of nitrogens with zero attached hydrogens (tertiary/aromatic N) is 3. The van der Waals surface area contributed by atoms with Crippen molar-refractivity contribution >= 4 is 17.7 Å². The highest BCUT2D eigenvalue weighted by Gasteiger charge is 2.18. The summed E-state index contributed by atoms with van der Waals surface area (Å²) in [6.07, 6.45) is 1.61. The Morgan fingerprint density at radius 3 is 1.53 bits per heavy atom. The van der Waals surface area contributed by atoms with E-state index in [-0.39, 0.29) is 37.6 Å². The van der Waals surface area contributed by atoms with Crippen molar-refractivity contribution in [2.45, 2.75) is 88.1 Å². The van der Waals surface area contributed by atoms with Crippen molar-refractivity contribution in [3.8, 4) is 0 Å². The highest BCUT2D eigenvalue weighted by atomic mass is 16.2. The first kappa shape index (κ1) is 33.1. The van der Waals surface area contributed by atoms with Crippen molar-refractivity contribution in [2.24, 2.45) is 17.8 Å². The quantitative estimate of drug-likeness (QED) is 0.479. The van der Waals surface area contributed by atoms with Gasteiger partial charge in [-0.1, -0.05) is 49.0 Å². The summed E-state index contributed by atoms with van der Waals surface area (Å²) >= 11 is 0. The second-order valence-electron chi connectivity index (χ2n) is 9.54. The molecule has 0 unspecified atom stereocenters. The predicted octanol–water partition coefficient (Wildman–Crippen LogP) is 4.53. The van der Waals surface area contributed by atoms with Gasteiger partial charge < -0.3 is 14.7 Å². The summed E-state index contributed by atoms with van der Waals surface area (Å²) in [7, 11) is 5.37. The van der Waals surface area contributed by atoms with Crippen molar-refractivity contribution in [2.75, 3.05) is 34.2 Å². The monoisotopic (exact) mass is 429 g/mol. The second kappa shape index (κ2) is 17.1. The minimum Gasteiger partial charge on any atom is -0.345 e. The molecule has 180 valence electrons. The molecule has 0 aliphatic carbocycles. The Hall–Kier alpha value is -1.59. The lowest BCUT2D eigenvalue weighted by Gasteiger charge is -2.23. The minimum atomic E-state index is -0.110. The molecular weight excluding hydrogens is 378 g/mol. The third-order valence-electron chi connectivity index (χ3n) is 4.59. The van der Waals surface area contributed by atoms with Gasteiger partial charge in [0.1, 0.15) is 6.42 Å². The molecule has 0 fully saturated rings. The van der Waals surface area contributed by atoms with Crippen LogP contribution >= 0.6 is 0 Å². The van der Waals surface area contributed by atoms with E-state index in [2.05, 4.69) is 41.5 Å². The molecular formula is C24H51N3O3. The fourth-order valence-electron chi connectivity index (χ4n) is 2.41. The van der Waals surface area contributed by atoms with Crippen LogP contribution in [0.2, 0.25) is 0 Å². The summed E-state index contributed by atoms with van der Waals surface area (Å²) in [4.78, 5) is 40.0. The Balaban J connectivity index is -0.000000497. The van der Waals surface area contributed by atoms with E-state index in [0.29, 0.717) is 24.2 Å². The van der Waals surface area contributed by atoms with Crippen molar-refractivity contribution in [3.63, 3.8) is 0 Å². The summed E-state index contributed by atoms with van der Waals surface area (Å²) in [5.74, 6) is 1.65. The van der Waals surface area contributed by atoms with Crippen molar-refractivity contribution < 1.29 is 14.4 Å². The van der Waals surface area contributed by atoms with Crippen molar-refractivity contribution in [3.05, 3.63) is 0 Å². The van der Waals surface area contributed by atoms with Gasteiger partial charge in [-0.15, -0.1) is 0 Å². The van der Waals surface area contributed by atoms with Crippen LogP contribution in [-0.2, 0) is 14.4 Å². The molecule has 0 aromatic heterocycles. The predicted molar refractivity (Wildman–Crippen MR) is 128 cm³/mol. The molecule has 0 N–H and O–H groups in total. The van der Waals surface area contributed by atoms with Gasteiger partial charge in [0.15, 0.2) is 0 Å². The number of hydrogen-bond donors (Lipinski definition) is 0. The fourth-order valence-corrected chi connectivity index (χ4v) is 2.41. The largest absolute Gasteiger partial charge is 0.345 e. The van der Waals surface area contributed by atoms with E-state index in [1.54, 1.807) is 23.9 Å². The molecule has 0 spiro atoms. The van der Waals surface area contributed by atoms with E-state index >= 15 is 0 Å². The third kappa shape index (κ3) is 17.3. The van der Waals surface area contributed by atoms with Gasteiger partial charge in [0, 0.05) is 46.7 Å². The van der Waals surface area contributed by atoms with Gasteiger partial charge in [-0.2, -0.15) is 0 Å². The topological polar surface area (TPSA) is 60.9 Å². The maximum absolute atomic E-state index is 11.8. The number of hydrogen-bond acceptors (Lipinski definition) is 3. The van der Waals surface area contributed by atoms with Crippen LogP contribution < -0.4 is 0 Å². The normalized spacial score (nSPS) is 10.5. The van der Waals surface area contributed by atoms with Gasteiger partial charge in [-0.3, -0.25) is 14.4 Å². The molecule has 0 aliphatic heterocycles. The molecule has 0 atom stereocenters. The minimum absolute atomic E-state index is 0. The van der Waals surface area contributed by atoms with Gasteiger partial charge in [0.25, 0.3) is 0 Å². The molecule has 0 saturated heterocycles. The molecule has 0 radical (unpaired) electrons. The summed E-state index contributed by atoms with van der Waals surface area (Å²) in [5.41, 5.74) is 0. The molecule has 0 aromatic rings. The zero-order chi connectivity index (χ0) is 23.3. The van der Waals surface area contributed by atoms with Gasteiger partial charge >= 0.3 is 0 Å². The lowest BCUT2D eigenvalue weighted by molar-refractivity contribution is -0.140. The maximum Gasteiger partial charge on any atom is 0.231 e. The lowest BCUT2D eigenvalue weighted by Crippen LogP contribution is -2.38. The van der Waals surface area contributed by atoms with Gasteiger partial charge in [0.2, 0.25) is 17.7 Å². The number of amides is 3. The van der Waals surface area contributed by atoms with Crippen LogP contribution in [0.25, 0.3) is 0 Å². The molecule has 30 heavy (non-hydrogen) atoms. The van der Waals surface area contributed by atoms with Crippen LogP contribution in [0.1, 0.15) is 82.1 Å². The molecule has 0 rings (SSSR count). The van der Waals surface area contributed by atoms with Crippen molar-refractivity contribution in [1.82, 2.24) is 14.7 Å². The number of rotatable bonds is 10.